The van der Waals surface area contributed by atoms with Crippen LogP contribution in [-0.2, 0) is 0 Å². The maximum atomic E-state index is 13.2. The molecule has 0 saturated carbocycles. The van der Waals surface area contributed by atoms with E-state index in [2.05, 4.69) is 4.98 Å². The SMILES string of the molecule is O=c1[nH]c2c(O)cccc2c(=O)n1-c1cccc(F)c1. The van der Waals surface area contributed by atoms with Crippen LogP contribution in [0.4, 0.5) is 4.39 Å². The average molecular weight is 272 g/mol. The monoisotopic (exact) mass is 272 g/mol. The molecule has 3 aromatic rings. The van der Waals surface area contributed by atoms with E-state index in [1.165, 1.54) is 36.4 Å². The number of halogens is 1. The first kappa shape index (κ1) is 12.2. The Balaban J connectivity index is 2.44. The number of aromatic nitrogens is 2. The molecule has 0 aliphatic heterocycles. The first-order valence-electron chi connectivity index (χ1n) is 5.81. The third-order valence-electron chi connectivity index (χ3n) is 2.98. The van der Waals surface area contributed by atoms with Crippen LogP contribution < -0.4 is 11.2 Å². The third-order valence-corrected chi connectivity index (χ3v) is 2.98. The first-order chi connectivity index (χ1) is 9.58. The van der Waals surface area contributed by atoms with Gasteiger partial charge in [0.25, 0.3) is 5.56 Å². The van der Waals surface area contributed by atoms with E-state index in [-0.39, 0.29) is 22.3 Å². The summed E-state index contributed by atoms with van der Waals surface area (Å²) in [5.74, 6) is -0.743. The number of phenols is 1. The lowest BCUT2D eigenvalue weighted by Gasteiger charge is -2.07. The fourth-order valence-electron chi connectivity index (χ4n) is 2.07. The van der Waals surface area contributed by atoms with E-state index >= 15 is 0 Å². The zero-order chi connectivity index (χ0) is 14.3. The summed E-state index contributed by atoms with van der Waals surface area (Å²) in [5.41, 5.74) is -1.17. The number of H-pyrrole nitrogens is 1. The van der Waals surface area contributed by atoms with Gasteiger partial charge in [-0.3, -0.25) is 4.79 Å². The molecule has 1 aromatic heterocycles. The molecule has 0 saturated heterocycles. The van der Waals surface area contributed by atoms with E-state index in [0.717, 1.165) is 10.6 Å². The average Bonchev–Trinajstić information content (AvgIpc) is 2.40. The van der Waals surface area contributed by atoms with Crippen LogP contribution in [0.2, 0.25) is 0 Å². The van der Waals surface area contributed by atoms with Crippen molar-refractivity contribution in [1.29, 1.82) is 0 Å². The van der Waals surface area contributed by atoms with Gasteiger partial charge in [0.2, 0.25) is 0 Å². The normalized spacial score (nSPS) is 10.8. The Labute approximate surface area is 111 Å². The van der Waals surface area contributed by atoms with Crippen LogP contribution in [0, 0.1) is 5.82 Å². The van der Waals surface area contributed by atoms with E-state index in [0.29, 0.717) is 0 Å². The second kappa shape index (κ2) is 4.34. The number of phenolic OH excluding ortho intramolecular Hbond substituents is 1. The molecular formula is C14H9FN2O3. The Morgan fingerprint density at radius 2 is 1.85 bits per heavy atom. The molecule has 0 unspecified atom stereocenters. The van der Waals surface area contributed by atoms with Gasteiger partial charge < -0.3 is 10.1 Å². The smallest absolute Gasteiger partial charge is 0.333 e. The van der Waals surface area contributed by atoms with Gasteiger partial charge in [0.05, 0.1) is 16.6 Å². The van der Waals surface area contributed by atoms with Gasteiger partial charge in [0.15, 0.2) is 0 Å². The molecule has 2 aromatic carbocycles. The van der Waals surface area contributed by atoms with E-state index in [4.69, 9.17) is 0 Å². The Bertz CT molecular complexity index is 928. The number of nitrogens with one attached hydrogen (secondary N) is 1. The number of benzene rings is 2. The molecule has 1 heterocycles. The van der Waals surface area contributed by atoms with Crippen molar-refractivity contribution in [2.45, 2.75) is 0 Å². The number of nitrogens with zero attached hydrogens (tertiary/aromatic N) is 1. The van der Waals surface area contributed by atoms with E-state index in [1.54, 1.807) is 0 Å². The van der Waals surface area contributed by atoms with Crippen molar-refractivity contribution in [2.24, 2.45) is 0 Å². The molecule has 3 rings (SSSR count). The lowest BCUT2D eigenvalue weighted by molar-refractivity contribution is 0.480. The fraction of sp³-hybridized carbons (Fsp3) is 0. The molecule has 0 amide bonds. The number of hydrogen-bond acceptors (Lipinski definition) is 3. The maximum absolute atomic E-state index is 13.2. The van der Waals surface area contributed by atoms with E-state index < -0.39 is 17.1 Å². The zero-order valence-corrected chi connectivity index (χ0v) is 10.1. The Morgan fingerprint density at radius 1 is 1.10 bits per heavy atom. The summed E-state index contributed by atoms with van der Waals surface area (Å²) in [7, 11) is 0. The van der Waals surface area contributed by atoms with Gasteiger partial charge in [-0.15, -0.1) is 0 Å². The minimum absolute atomic E-state index is 0.0650. The summed E-state index contributed by atoms with van der Waals surface area (Å²) in [6.45, 7) is 0. The summed E-state index contributed by atoms with van der Waals surface area (Å²) in [4.78, 5) is 26.7. The van der Waals surface area contributed by atoms with Gasteiger partial charge in [-0.1, -0.05) is 12.1 Å². The summed E-state index contributed by atoms with van der Waals surface area (Å²) >= 11 is 0. The van der Waals surface area contributed by atoms with Gasteiger partial charge >= 0.3 is 5.69 Å². The van der Waals surface area contributed by atoms with E-state index in [9.17, 15) is 19.1 Å². The van der Waals surface area contributed by atoms with Crippen molar-refractivity contribution in [1.82, 2.24) is 9.55 Å². The number of fused-ring (bicyclic) bond motifs is 1. The molecule has 0 atom stereocenters. The van der Waals surface area contributed by atoms with Gasteiger partial charge in [0.1, 0.15) is 11.6 Å². The van der Waals surface area contributed by atoms with Crippen LogP contribution in [0.15, 0.2) is 52.1 Å². The predicted molar refractivity (Wildman–Crippen MR) is 71.8 cm³/mol. The van der Waals surface area contributed by atoms with Crippen molar-refractivity contribution in [3.8, 4) is 11.4 Å². The van der Waals surface area contributed by atoms with Crippen LogP contribution in [0.5, 0.6) is 5.75 Å². The summed E-state index contributed by atoms with van der Waals surface area (Å²) in [6, 6.07) is 9.50. The molecule has 2 N–H and O–H groups in total. The summed E-state index contributed by atoms with van der Waals surface area (Å²) < 4.78 is 14.1. The largest absolute Gasteiger partial charge is 0.506 e. The minimum Gasteiger partial charge on any atom is -0.506 e. The van der Waals surface area contributed by atoms with Crippen LogP contribution in [0.25, 0.3) is 16.6 Å². The highest BCUT2D eigenvalue weighted by atomic mass is 19.1. The molecule has 100 valence electrons. The highest BCUT2D eigenvalue weighted by molar-refractivity contribution is 5.83. The van der Waals surface area contributed by atoms with Crippen molar-refractivity contribution in [3.05, 3.63) is 69.1 Å². The van der Waals surface area contributed by atoms with Crippen LogP contribution in [0.1, 0.15) is 0 Å². The number of hydrogen-bond donors (Lipinski definition) is 2. The van der Waals surface area contributed by atoms with Crippen LogP contribution >= 0.6 is 0 Å². The lowest BCUT2D eigenvalue weighted by Crippen LogP contribution is -2.33. The third kappa shape index (κ3) is 1.78. The highest BCUT2D eigenvalue weighted by Gasteiger charge is 2.11. The first-order valence-corrected chi connectivity index (χ1v) is 5.81. The number of aromatic amines is 1. The van der Waals surface area contributed by atoms with Gasteiger partial charge in [-0.2, -0.15) is 0 Å². The van der Waals surface area contributed by atoms with Crippen molar-refractivity contribution in [3.63, 3.8) is 0 Å². The molecule has 0 bridgehead atoms. The molecule has 0 aliphatic rings. The Morgan fingerprint density at radius 3 is 2.60 bits per heavy atom. The molecule has 0 spiro atoms. The zero-order valence-electron chi connectivity index (χ0n) is 10.1. The topological polar surface area (TPSA) is 75.1 Å². The molecular weight excluding hydrogens is 263 g/mol. The lowest BCUT2D eigenvalue weighted by atomic mass is 10.2. The van der Waals surface area contributed by atoms with Crippen LogP contribution in [-0.4, -0.2) is 14.7 Å². The summed E-state index contributed by atoms with van der Waals surface area (Å²) in [5, 5.41) is 9.79. The number of rotatable bonds is 1. The number of aromatic hydroxyl groups is 1. The molecule has 6 heteroatoms. The minimum atomic E-state index is -0.741. The van der Waals surface area contributed by atoms with E-state index in [1.807, 2.05) is 0 Å². The molecule has 0 aliphatic carbocycles. The predicted octanol–water partition coefficient (Wildman–Crippen LogP) is 1.52. The van der Waals surface area contributed by atoms with Gasteiger partial charge in [0, 0.05) is 0 Å². The van der Waals surface area contributed by atoms with Gasteiger partial charge in [-0.25, -0.2) is 13.8 Å². The van der Waals surface area contributed by atoms with Crippen molar-refractivity contribution >= 4 is 10.9 Å². The molecule has 0 radical (unpaired) electrons. The van der Waals surface area contributed by atoms with Gasteiger partial charge in [-0.05, 0) is 30.3 Å². The van der Waals surface area contributed by atoms with Crippen molar-refractivity contribution < 1.29 is 9.50 Å². The second-order valence-electron chi connectivity index (χ2n) is 4.25. The highest BCUT2D eigenvalue weighted by Crippen LogP contribution is 2.18. The second-order valence-corrected chi connectivity index (χ2v) is 4.25. The quantitative estimate of drug-likeness (QED) is 0.705. The number of para-hydroxylation sites is 1. The van der Waals surface area contributed by atoms with Crippen LogP contribution in [0.3, 0.4) is 0 Å². The Kier molecular flexibility index (Phi) is 2.64. The fourth-order valence-corrected chi connectivity index (χ4v) is 2.07. The van der Waals surface area contributed by atoms with Crippen molar-refractivity contribution in [2.75, 3.05) is 0 Å². The molecule has 0 fully saturated rings. The molecule has 5 nitrogen and oxygen atoms in total. The molecule has 20 heavy (non-hydrogen) atoms. The summed E-state index contributed by atoms with van der Waals surface area (Å²) in [6.07, 6.45) is 0. The standard InChI is InChI=1S/C14H9FN2O3/c15-8-3-1-4-9(7-8)17-13(19)10-5-2-6-11(18)12(10)16-14(17)20/h1-7,18H,(H,16,20). The maximum Gasteiger partial charge on any atom is 0.333 e. The Hall–Kier alpha value is -2.89.